The number of hydrogen-bond donors (Lipinski definition) is 1. The minimum Gasteiger partial charge on any atom is -0.455 e. The summed E-state index contributed by atoms with van der Waals surface area (Å²) < 4.78 is 7.49. The number of rotatable bonds is 6. The Balaban J connectivity index is 1.65. The first-order valence-corrected chi connectivity index (χ1v) is 7.66. The number of carbonyl (C=O) groups excluding carboxylic acids is 1. The Morgan fingerprint density at radius 2 is 1.96 bits per heavy atom. The van der Waals surface area contributed by atoms with Crippen LogP contribution in [0.3, 0.4) is 0 Å². The average Bonchev–Trinajstić information content (AvgIpc) is 3.10. The fraction of sp³-hybridized carbons (Fsp3) is 0.167. The van der Waals surface area contributed by atoms with E-state index in [1.807, 2.05) is 55.5 Å². The lowest BCUT2D eigenvalue weighted by molar-refractivity contribution is -0.116. The first kappa shape index (κ1) is 15.7. The number of nitrogens with one attached hydrogen (secondary N) is 1. The summed E-state index contributed by atoms with van der Waals surface area (Å²) in [5, 5.41) is 6.86. The Morgan fingerprint density at radius 1 is 1.17 bits per heavy atom. The van der Waals surface area contributed by atoms with Gasteiger partial charge in [0.1, 0.15) is 18.4 Å². The summed E-state index contributed by atoms with van der Waals surface area (Å²) in [6.45, 7) is 2.50. The second kappa shape index (κ2) is 7.41. The lowest BCUT2D eigenvalue weighted by atomic mass is 10.2. The molecule has 6 nitrogen and oxygen atoms in total. The standard InChI is InChI=1S/C18H18N4O2/c1-14-6-8-15(9-7-14)24-17-5-3-2-4-16(17)21-18(23)10-11-22-13-19-12-20-22/h2-9,12-13H,10-11H2,1H3,(H,21,23). The molecule has 1 N–H and O–H groups in total. The van der Waals surface area contributed by atoms with E-state index >= 15 is 0 Å². The van der Waals surface area contributed by atoms with Gasteiger partial charge in [-0.1, -0.05) is 29.8 Å². The molecule has 1 heterocycles. The molecule has 0 saturated heterocycles. The van der Waals surface area contributed by atoms with Gasteiger partial charge < -0.3 is 10.1 Å². The molecule has 0 radical (unpaired) electrons. The highest BCUT2D eigenvalue weighted by atomic mass is 16.5. The molecule has 3 aromatic rings. The van der Waals surface area contributed by atoms with Crippen LogP contribution in [0.2, 0.25) is 0 Å². The van der Waals surface area contributed by atoms with Gasteiger partial charge in [0, 0.05) is 6.42 Å². The summed E-state index contributed by atoms with van der Waals surface area (Å²) in [4.78, 5) is 16.0. The number of benzene rings is 2. The van der Waals surface area contributed by atoms with Crippen LogP contribution in [0.15, 0.2) is 61.2 Å². The predicted octanol–water partition coefficient (Wildman–Crippen LogP) is 3.41. The van der Waals surface area contributed by atoms with Crippen LogP contribution in [0.1, 0.15) is 12.0 Å². The van der Waals surface area contributed by atoms with Gasteiger partial charge in [-0.25, -0.2) is 4.98 Å². The Labute approximate surface area is 140 Å². The third kappa shape index (κ3) is 4.19. The van der Waals surface area contributed by atoms with Crippen molar-refractivity contribution < 1.29 is 9.53 Å². The normalized spacial score (nSPS) is 10.4. The highest BCUT2D eigenvalue weighted by Crippen LogP contribution is 2.29. The number of aromatic nitrogens is 3. The number of aryl methyl sites for hydroxylation is 2. The zero-order valence-electron chi connectivity index (χ0n) is 13.3. The van der Waals surface area contributed by atoms with Gasteiger partial charge in [-0.3, -0.25) is 9.48 Å². The number of para-hydroxylation sites is 2. The fourth-order valence-electron chi connectivity index (χ4n) is 2.17. The molecule has 0 aliphatic heterocycles. The van der Waals surface area contributed by atoms with Gasteiger partial charge in [-0.05, 0) is 31.2 Å². The molecule has 0 aliphatic rings. The van der Waals surface area contributed by atoms with Crippen molar-refractivity contribution in [2.75, 3.05) is 5.32 Å². The summed E-state index contributed by atoms with van der Waals surface area (Å²) in [6, 6.07) is 15.1. The molecule has 1 amide bonds. The first-order chi connectivity index (χ1) is 11.7. The molecule has 2 aromatic carbocycles. The Bertz CT molecular complexity index is 798. The van der Waals surface area contributed by atoms with Gasteiger partial charge in [0.05, 0.1) is 12.2 Å². The van der Waals surface area contributed by atoms with E-state index in [0.717, 1.165) is 11.3 Å². The molecule has 0 saturated carbocycles. The summed E-state index contributed by atoms with van der Waals surface area (Å²) in [5.74, 6) is 1.23. The van der Waals surface area contributed by atoms with Crippen molar-refractivity contribution in [2.24, 2.45) is 0 Å². The van der Waals surface area contributed by atoms with Crippen molar-refractivity contribution in [2.45, 2.75) is 19.9 Å². The third-order valence-corrected chi connectivity index (χ3v) is 3.44. The monoisotopic (exact) mass is 322 g/mol. The maximum absolute atomic E-state index is 12.1. The van der Waals surface area contributed by atoms with E-state index in [1.165, 1.54) is 6.33 Å². The van der Waals surface area contributed by atoms with Gasteiger partial charge in [-0.15, -0.1) is 0 Å². The zero-order chi connectivity index (χ0) is 16.8. The van der Waals surface area contributed by atoms with Crippen molar-refractivity contribution in [1.29, 1.82) is 0 Å². The van der Waals surface area contributed by atoms with Crippen LogP contribution >= 0.6 is 0 Å². The first-order valence-electron chi connectivity index (χ1n) is 7.66. The molecule has 24 heavy (non-hydrogen) atoms. The number of ether oxygens (including phenoxy) is 1. The Hall–Kier alpha value is -3.15. The van der Waals surface area contributed by atoms with E-state index in [1.54, 1.807) is 11.0 Å². The highest BCUT2D eigenvalue weighted by molar-refractivity contribution is 5.92. The van der Waals surface area contributed by atoms with Crippen molar-refractivity contribution >= 4 is 11.6 Å². The van der Waals surface area contributed by atoms with Crippen molar-refractivity contribution in [3.05, 3.63) is 66.7 Å². The highest BCUT2D eigenvalue weighted by Gasteiger charge is 2.09. The van der Waals surface area contributed by atoms with Crippen LogP contribution < -0.4 is 10.1 Å². The topological polar surface area (TPSA) is 69.0 Å². The number of amides is 1. The van der Waals surface area contributed by atoms with E-state index in [9.17, 15) is 4.79 Å². The number of hydrogen-bond acceptors (Lipinski definition) is 4. The van der Waals surface area contributed by atoms with Gasteiger partial charge in [-0.2, -0.15) is 5.10 Å². The number of anilines is 1. The molecule has 0 bridgehead atoms. The summed E-state index contributed by atoms with van der Waals surface area (Å²) in [7, 11) is 0. The van der Waals surface area contributed by atoms with Gasteiger partial charge >= 0.3 is 0 Å². The number of nitrogens with zero attached hydrogens (tertiary/aromatic N) is 3. The molecule has 0 fully saturated rings. The number of carbonyl (C=O) groups is 1. The van der Waals surface area contributed by atoms with Crippen LogP contribution in [0, 0.1) is 6.92 Å². The van der Waals surface area contributed by atoms with Crippen molar-refractivity contribution in [1.82, 2.24) is 14.8 Å². The molecular formula is C18H18N4O2. The lowest BCUT2D eigenvalue weighted by Crippen LogP contribution is -2.15. The van der Waals surface area contributed by atoms with Gasteiger partial charge in [0.2, 0.25) is 5.91 Å². The van der Waals surface area contributed by atoms with Crippen LogP contribution in [0.25, 0.3) is 0 Å². The lowest BCUT2D eigenvalue weighted by Gasteiger charge is -2.12. The summed E-state index contributed by atoms with van der Waals surface area (Å²) in [6.07, 6.45) is 3.34. The summed E-state index contributed by atoms with van der Waals surface area (Å²) in [5.41, 5.74) is 1.80. The van der Waals surface area contributed by atoms with Gasteiger partial charge in [0.15, 0.2) is 5.75 Å². The van der Waals surface area contributed by atoms with E-state index in [2.05, 4.69) is 15.4 Å². The van der Waals surface area contributed by atoms with E-state index in [4.69, 9.17) is 4.74 Å². The molecule has 6 heteroatoms. The quantitative estimate of drug-likeness (QED) is 0.755. The molecule has 3 rings (SSSR count). The fourth-order valence-corrected chi connectivity index (χ4v) is 2.17. The van der Waals surface area contributed by atoms with Gasteiger partial charge in [0.25, 0.3) is 0 Å². The predicted molar refractivity (Wildman–Crippen MR) is 91.0 cm³/mol. The molecule has 0 spiro atoms. The van der Waals surface area contributed by atoms with E-state index in [0.29, 0.717) is 24.4 Å². The van der Waals surface area contributed by atoms with Crippen molar-refractivity contribution in [3.63, 3.8) is 0 Å². The zero-order valence-corrected chi connectivity index (χ0v) is 13.3. The molecule has 0 atom stereocenters. The molecular weight excluding hydrogens is 304 g/mol. The molecule has 0 unspecified atom stereocenters. The van der Waals surface area contributed by atoms with Crippen LogP contribution in [0.5, 0.6) is 11.5 Å². The van der Waals surface area contributed by atoms with Crippen molar-refractivity contribution in [3.8, 4) is 11.5 Å². The van der Waals surface area contributed by atoms with E-state index in [-0.39, 0.29) is 5.91 Å². The largest absolute Gasteiger partial charge is 0.455 e. The van der Waals surface area contributed by atoms with Crippen LogP contribution in [-0.4, -0.2) is 20.7 Å². The van der Waals surface area contributed by atoms with E-state index < -0.39 is 0 Å². The second-order valence-corrected chi connectivity index (χ2v) is 5.37. The van der Waals surface area contributed by atoms with Crippen LogP contribution in [-0.2, 0) is 11.3 Å². The Kier molecular flexibility index (Phi) is 4.86. The Morgan fingerprint density at radius 3 is 2.71 bits per heavy atom. The molecule has 1 aromatic heterocycles. The smallest absolute Gasteiger partial charge is 0.226 e. The maximum Gasteiger partial charge on any atom is 0.226 e. The summed E-state index contributed by atoms with van der Waals surface area (Å²) >= 11 is 0. The minimum absolute atomic E-state index is 0.106. The minimum atomic E-state index is -0.106. The molecule has 122 valence electrons. The maximum atomic E-state index is 12.1. The SMILES string of the molecule is Cc1ccc(Oc2ccccc2NC(=O)CCn2cncn2)cc1. The molecule has 0 aliphatic carbocycles. The third-order valence-electron chi connectivity index (χ3n) is 3.44. The second-order valence-electron chi connectivity index (χ2n) is 5.37. The average molecular weight is 322 g/mol. The van der Waals surface area contributed by atoms with Crippen LogP contribution in [0.4, 0.5) is 5.69 Å².